The number of imidazole rings is 1. The summed E-state index contributed by atoms with van der Waals surface area (Å²) in [5.74, 6) is 0.961. The Morgan fingerprint density at radius 1 is 1.29 bits per heavy atom. The van der Waals surface area contributed by atoms with Crippen LogP contribution < -0.4 is 4.90 Å². The van der Waals surface area contributed by atoms with Gasteiger partial charge in [-0.2, -0.15) is 0 Å². The third-order valence-electron chi connectivity index (χ3n) is 4.38. The molecule has 1 unspecified atom stereocenters. The fourth-order valence-corrected chi connectivity index (χ4v) is 3.75. The van der Waals surface area contributed by atoms with Crippen molar-refractivity contribution in [3.05, 3.63) is 48.4 Å². The van der Waals surface area contributed by atoms with Crippen molar-refractivity contribution in [2.45, 2.75) is 37.8 Å². The van der Waals surface area contributed by atoms with Crippen molar-refractivity contribution in [3.8, 4) is 0 Å². The predicted octanol–water partition coefficient (Wildman–Crippen LogP) is 4.03. The standard InChI is InChI=1S/C17H19N3S/c1-16(2,3)12-8-6-10-17-9-5-4-7-13(17)19-14(21)11-18-15(19)20(12)17/h5-11,21H,4H2,1-3H3. The van der Waals surface area contributed by atoms with Crippen LogP contribution in [0.1, 0.15) is 27.2 Å². The first-order chi connectivity index (χ1) is 9.95. The lowest BCUT2D eigenvalue weighted by Crippen LogP contribution is -2.47. The topological polar surface area (TPSA) is 21.1 Å². The van der Waals surface area contributed by atoms with Crippen LogP contribution >= 0.6 is 12.6 Å². The van der Waals surface area contributed by atoms with Crippen LogP contribution in [0.4, 0.5) is 5.95 Å². The van der Waals surface area contributed by atoms with Gasteiger partial charge in [0, 0.05) is 11.1 Å². The number of fused-ring (bicyclic) bond motifs is 3. The Kier molecular flexibility index (Phi) is 2.45. The second-order valence-corrected chi connectivity index (χ2v) is 7.26. The number of hydrogen-bond acceptors (Lipinski definition) is 3. The van der Waals surface area contributed by atoms with Gasteiger partial charge in [0.15, 0.2) is 0 Å². The zero-order chi connectivity index (χ0) is 14.8. The molecule has 0 radical (unpaired) electrons. The number of allylic oxidation sites excluding steroid dienone is 5. The van der Waals surface area contributed by atoms with E-state index in [-0.39, 0.29) is 11.0 Å². The molecule has 0 saturated heterocycles. The monoisotopic (exact) mass is 297 g/mol. The first-order valence-electron chi connectivity index (χ1n) is 7.31. The number of nitrogens with zero attached hydrogens (tertiary/aromatic N) is 3. The summed E-state index contributed by atoms with van der Waals surface area (Å²) in [6.07, 6.45) is 16.2. The summed E-state index contributed by atoms with van der Waals surface area (Å²) in [5, 5.41) is 0.891. The zero-order valence-electron chi connectivity index (χ0n) is 12.5. The van der Waals surface area contributed by atoms with E-state index in [1.807, 2.05) is 6.20 Å². The fraction of sp³-hybridized carbons (Fsp3) is 0.353. The van der Waals surface area contributed by atoms with E-state index >= 15 is 0 Å². The van der Waals surface area contributed by atoms with Crippen LogP contribution in [0.3, 0.4) is 0 Å². The maximum Gasteiger partial charge on any atom is 0.216 e. The van der Waals surface area contributed by atoms with Gasteiger partial charge >= 0.3 is 0 Å². The van der Waals surface area contributed by atoms with E-state index in [0.29, 0.717) is 0 Å². The molecule has 0 amide bonds. The summed E-state index contributed by atoms with van der Waals surface area (Å²) < 4.78 is 2.17. The SMILES string of the molecule is CC(C)(C)C1=CC=CC23C=CCC=C2n2c(S)cnc2N13. The minimum atomic E-state index is -0.239. The molecule has 0 N–H and O–H groups in total. The first-order valence-corrected chi connectivity index (χ1v) is 7.75. The van der Waals surface area contributed by atoms with Gasteiger partial charge < -0.3 is 0 Å². The molecular formula is C17H19N3S. The van der Waals surface area contributed by atoms with Gasteiger partial charge in [-0.3, -0.25) is 9.47 Å². The van der Waals surface area contributed by atoms with Crippen LogP contribution in [0.25, 0.3) is 5.70 Å². The molecule has 108 valence electrons. The molecule has 0 saturated carbocycles. The Bertz CT molecular complexity index is 743. The Balaban J connectivity index is 2.02. The molecular weight excluding hydrogens is 278 g/mol. The lowest BCUT2D eigenvalue weighted by Gasteiger charge is -2.43. The van der Waals surface area contributed by atoms with Crippen LogP contribution in [-0.2, 0) is 0 Å². The number of thiol groups is 1. The molecule has 1 atom stereocenters. The van der Waals surface area contributed by atoms with Gasteiger partial charge in [0.05, 0.1) is 16.9 Å². The van der Waals surface area contributed by atoms with Crippen molar-refractivity contribution in [2.24, 2.45) is 5.41 Å². The van der Waals surface area contributed by atoms with Gasteiger partial charge in [0.2, 0.25) is 5.95 Å². The third-order valence-corrected chi connectivity index (χ3v) is 4.69. The van der Waals surface area contributed by atoms with E-state index in [1.165, 1.54) is 11.4 Å². The van der Waals surface area contributed by atoms with Crippen molar-refractivity contribution < 1.29 is 0 Å². The van der Waals surface area contributed by atoms with Crippen LogP contribution in [-0.4, -0.2) is 15.1 Å². The van der Waals surface area contributed by atoms with Gasteiger partial charge in [-0.1, -0.05) is 45.1 Å². The van der Waals surface area contributed by atoms with Gasteiger partial charge in [-0.25, -0.2) is 4.98 Å². The average molecular weight is 297 g/mol. The minimum absolute atomic E-state index is 0.0477. The van der Waals surface area contributed by atoms with Crippen molar-refractivity contribution >= 4 is 24.3 Å². The summed E-state index contributed by atoms with van der Waals surface area (Å²) in [6, 6.07) is 0. The first kappa shape index (κ1) is 13.0. The van der Waals surface area contributed by atoms with E-state index in [0.717, 1.165) is 17.4 Å². The number of aromatic nitrogens is 2. The van der Waals surface area contributed by atoms with E-state index in [2.05, 4.69) is 84.3 Å². The highest BCUT2D eigenvalue weighted by Gasteiger charge is 2.51. The molecule has 3 heterocycles. The van der Waals surface area contributed by atoms with Crippen molar-refractivity contribution in [1.29, 1.82) is 0 Å². The van der Waals surface area contributed by atoms with E-state index in [4.69, 9.17) is 0 Å². The Labute approximate surface area is 130 Å². The Morgan fingerprint density at radius 2 is 2.10 bits per heavy atom. The molecule has 21 heavy (non-hydrogen) atoms. The van der Waals surface area contributed by atoms with Gasteiger partial charge in [0.25, 0.3) is 0 Å². The molecule has 3 aliphatic rings. The fourth-order valence-electron chi connectivity index (χ4n) is 3.49. The summed E-state index contributed by atoms with van der Waals surface area (Å²) in [7, 11) is 0. The van der Waals surface area contributed by atoms with E-state index in [1.54, 1.807) is 0 Å². The molecule has 0 bridgehead atoms. The summed E-state index contributed by atoms with van der Waals surface area (Å²) >= 11 is 4.60. The predicted molar refractivity (Wildman–Crippen MR) is 89.4 cm³/mol. The molecule has 0 fully saturated rings. The average Bonchev–Trinajstić information content (AvgIpc) is 2.93. The normalized spacial score (nSPS) is 26.2. The van der Waals surface area contributed by atoms with E-state index in [9.17, 15) is 0 Å². The lowest BCUT2D eigenvalue weighted by atomic mass is 9.81. The molecule has 4 rings (SSSR count). The summed E-state index contributed by atoms with van der Waals surface area (Å²) in [4.78, 5) is 6.98. The van der Waals surface area contributed by atoms with E-state index < -0.39 is 0 Å². The molecule has 1 aromatic rings. The quantitative estimate of drug-likeness (QED) is 0.576. The minimum Gasteiger partial charge on any atom is -0.296 e. The van der Waals surface area contributed by atoms with Crippen molar-refractivity contribution in [1.82, 2.24) is 9.55 Å². The number of rotatable bonds is 0. The molecule has 2 aliphatic heterocycles. The van der Waals surface area contributed by atoms with Crippen LogP contribution in [0.5, 0.6) is 0 Å². The number of hydrogen-bond donors (Lipinski definition) is 1. The highest BCUT2D eigenvalue weighted by molar-refractivity contribution is 7.80. The van der Waals surface area contributed by atoms with Gasteiger partial charge in [-0.05, 0) is 18.6 Å². The molecule has 1 aliphatic carbocycles. The largest absolute Gasteiger partial charge is 0.296 e. The summed E-state index contributed by atoms with van der Waals surface area (Å²) in [5.41, 5.74) is 2.33. The second-order valence-electron chi connectivity index (χ2n) is 6.80. The molecule has 0 aromatic carbocycles. The zero-order valence-corrected chi connectivity index (χ0v) is 13.4. The van der Waals surface area contributed by atoms with Crippen LogP contribution in [0.2, 0.25) is 0 Å². The maximum absolute atomic E-state index is 4.63. The van der Waals surface area contributed by atoms with Gasteiger partial charge in [0.1, 0.15) is 5.54 Å². The van der Waals surface area contributed by atoms with Crippen molar-refractivity contribution in [3.63, 3.8) is 0 Å². The van der Waals surface area contributed by atoms with Crippen LogP contribution in [0.15, 0.2) is 53.4 Å². The maximum atomic E-state index is 4.63. The highest BCUT2D eigenvalue weighted by Crippen LogP contribution is 2.52. The Morgan fingerprint density at radius 3 is 2.86 bits per heavy atom. The highest BCUT2D eigenvalue weighted by atomic mass is 32.1. The van der Waals surface area contributed by atoms with Gasteiger partial charge in [-0.15, -0.1) is 12.6 Å². The smallest absolute Gasteiger partial charge is 0.216 e. The molecule has 3 nitrogen and oxygen atoms in total. The number of anilines is 1. The third kappa shape index (κ3) is 1.54. The summed E-state index contributed by atoms with van der Waals surface area (Å²) in [6.45, 7) is 6.73. The molecule has 4 heteroatoms. The van der Waals surface area contributed by atoms with Crippen molar-refractivity contribution in [2.75, 3.05) is 4.90 Å². The second kappa shape index (κ2) is 3.95. The molecule has 1 aromatic heterocycles. The Hall–Kier alpha value is -1.68. The lowest BCUT2D eigenvalue weighted by molar-refractivity contribution is 0.469. The molecule has 1 spiro atoms. The van der Waals surface area contributed by atoms with Crippen LogP contribution in [0, 0.1) is 5.41 Å².